The zero-order valence-electron chi connectivity index (χ0n) is 17.0. The molecule has 3 atom stereocenters. The molecule has 1 aromatic rings. The van der Waals surface area contributed by atoms with E-state index in [1.807, 2.05) is 26.8 Å². The fourth-order valence-corrected chi connectivity index (χ4v) is 3.99. The molecule has 140 valence electrons. The van der Waals surface area contributed by atoms with Gasteiger partial charge in [0.1, 0.15) is 5.82 Å². The summed E-state index contributed by atoms with van der Waals surface area (Å²) in [6.07, 6.45) is 14.6. The normalized spacial score (nSPS) is 26.9. The van der Waals surface area contributed by atoms with E-state index in [2.05, 4.69) is 50.8 Å². The second-order valence-electron chi connectivity index (χ2n) is 7.63. The van der Waals surface area contributed by atoms with E-state index >= 15 is 0 Å². The molecule has 3 rings (SSSR count). The molecule has 1 aromatic carbocycles. The van der Waals surface area contributed by atoms with E-state index in [9.17, 15) is 4.39 Å². The Morgan fingerprint density at radius 3 is 2.65 bits per heavy atom. The SMILES string of the molecule is C=C(/C=C\CC1CC=CC=C1C1(C)CC1C)c1ccc(F)cc1C.CC. The van der Waals surface area contributed by atoms with Crippen LogP contribution in [0.25, 0.3) is 5.57 Å². The highest BCUT2D eigenvalue weighted by atomic mass is 19.1. The van der Waals surface area contributed by atoms with Gasteiger partial charge in [0.05, 0.1) is 0 Å². The molecule has 0 N–H and O–H groups in total. The molecule has 0 aliphatic heterocycles. The van der Waals surface area contributed by atoms with E-state index in [1.54, 1.807) is 11.6 Å². The Bertz CT molecular complexity index is 735. The lowest BCUT2D eigenvalue weighted by molar-refractivity contribution is 0.489. The third-order valence-corrected chi connectivity index (χ3v) is 5.86. The molecule has 3 unspecified atom stereocenters. The minimum atomic E-state index is -0.191. The summed E-state index contributed by atoms with van der Waals surface area (Å²) in [5, 5.41) is 0. The number of rotatable bonds is 5. The van der Waals surface area contributed by atoms with E-state index in [0.29, 0.717) is 11.3 Å². The second-order valence-corrected chi connectivity index (χ2v) is 7.63. The lowest BCUT2D eigenvalue weighted by atomic mass is 9.79. The Labute approximate surface area is 159 Å². The molecule has 0 aromatic heterocycles. The van der Waals surface area contributed by atoms with Crippen LogP contribution in [-0.4, -0.2) is 0 Å². The predicted molar refractivity (Wildman–Crippen MR) is 112 cm³/mol. The van der Waals surface area contributed by atoms with Crippen LogP contribution < -0.4 is 0 Å². The van der Waals surface area contributed by atoms with Crippen molar-refractivity contribution in [2.24, 2.45) is 17.3 Å². The van der Waals surface area contributed by atoms with Gasteiger partial charge in [-0.1, -0.05) is 76.3 Å². The predicted octanol–water partition coefficient (Wildman–Crippen LogP) is 7.67. The summed E-state index contributed by atoms with van der Waals surface area (Å²) >= 11 is 0. The first-order chi connectivity index (χ1) is 12.4. The maximum Gasteiger partial charge on any atom is 0.123 e. The van der Waals surface area contributed by atoms with Crippen LogP contribution in [0.1, 0.15) is 58.1 Å². The molecule has 0 spiro atoms. The second kappa shape index (κ2) is 8.66. The first-order valence-corrected chi connectivity index (χ1v) is 9.91. The van der Waals surface area contributed by atoms with Crippen LogP contribution in [0.2, 0.25) is 0 Å². The number of aryl methyl sites for hydroxylation is 1. The topological polar surface area (TPSA) is 0 Å². The van der Waals surface area contributed by atoms with Crippen molar-refractivity contribution in [1.29, 1.82) is 0 Å². The number of benzene rings is 1. The summed E-state index contributed by atoms with van der Waals surface area (Å²) in [6, 6.07) is 4.89. The summed E-state index contributed by atoms with van der Waals surface area (Å²) in [7, 11) is 0. The molecule has 26 heavy (non-hydrogen) atoms. The van der Waals surface area contributed by atoms with Crippen molar-refractivity contribution in [1.82, 2.24) is 0 Å². The molecule has 0 heterocycles. The summed E-state index contributed by atoms with van der Waals surface area (Å²) in [4.78, 5) is 0. The van der Waals surface area contributed by atoms with Gasteiger partial charge >= 0.3 is 0 Å². The van der Waals surface area contributed by atoms with E-state index < -0.39 is 0 Å². The maximum atomic E-state index is 13.2. The largest absolute Gasteiger partial charge is 0.207 e. The van der Waals surface area contributed by atoms with Gasteiger partial charge in [0.25, 0.3) is 0 Å². The number of hydrogen-bond acceptors (Lipinski definition) is 0. The highest BCUT2D eigenvalue weighted by molar-refractivity contribution is 5.73. The fourth-order valence-electron chi connectivity index (χ4n) is 3.99. The molecule has 0 nitrogen and oxygen atoms in total. The van der Waals surface area contributed by atoms with E-state index in [0.717, 1.165) is 35.5 Å². The average molecular weight is 353 g/mol. The minimum absolute atomic E-state index is 0.191. The third kappa shape index (κ3) is 4.44. The molecule has 1 saturated carbocycles. The van der Waals surface area contributed by atoms with Crippen LogP contribution in [0.5, 0.6) is 0 Å². The number of allylic oxidation sites excluding steroid dienone is 7. The lowest BCUT2D eigenvalue weighted by Crippen LogP contribution is -2.14. The molecule has 0 bridgehead atoms. The zero-order chi connectivity index (χ0) is 19.3. The summed E-state index contributed by atoms with van der Waals surface area (Å²) in [5.41, 5.74) is 4.94. The van der Waals surface area contributed by atoms with E-state index in [4.69, 9.17) is 0 Å². The molecule has 0 amide bonds. The lowest BCUT2D eigenvalue weighted by Gasteiger charge is -2.26. The molecule has 2 aliphatic rings. The standard InChI is InChI=1S/C23H27F.C2H6/c1-16(21-13-12-20(24)14-17(21)2)8-7-10-19-9-5-6-11-22(19)23(4)15-18(23)3;1-2/h5-8,11-14,18-19H,1,9-10,15H2,2-4H3;1-2H3/b8-7-;. The van der Waals surface area contributed by atoms with Crippen molar-refractivity contribution in [3.05, 3.63) is 77.7 Å². The summed E-state index contributed by atoms with van der Waals surface area (Å²) < 4.78 is 13.2. The molecule has 0 saturated heterocycles. The van der Waals surface area contributed by atoms with Gasteiger partial charge in [-0.25, -0.2) is 4.39 Å². The van der Waals surface area contributed by atoms with Crippen molar-refractivity contribution in [3.8, 4) is 0 Å². The van der Waals surface area contributed by atoms with Gasteiger partial charge in [0.15, 0.2) is 0 Å². The van der Waals surface area contributed by atoms with Crippen LogP contribution in [0, 0.1) is 30.0 Å². The Kier molecular flexibility index (Phi) is 6.81. The van der Waals surface area contributed by atoms with Gasteiger partial charge in [-0.05, 0) is 72.3 Å². The molecule has 0 radical (unpaired) electrons. The number of hydrogen-bond donors (Lipinski definition) is 0. The minimum Gasteiger partial charge on any atom is -0.207 e. The van der Waals surface area contributed by atoms with Crippen LogP contribution in [-0.2, 0) is 0 Å². The Balaban J connectivity index is 0.00000117. The summed E-state index contributed by atoms with van der Waals surface area (Å²) in [6.45, 7) is 14.8. The quantitative estimate of drug-likeness (QED) is 0.477. The highest BCUT2D eigenvalue weighted by Gasteiger charge is 2.50. The van der Waals surface area contributed by atoms with E-state index in [-0.39, 0.29) is 5.82 Å². The van der Waals surface area contributed by atoms with Gasteiger partial charge in [-0.3, -0.25) is 0 Å². The molecule has 2 aliphatic carbocycles. The number of halogens is 1. The summed E-state index contributed by atoms with van der Waals surface area (Å²) in [5.74, 6) is 1.21. The van der Waals surface area contributed by atoms with Crippen LogP contribution >= 0.6 is 0 Å². The zero-order valence-corrected chi connectivity index (χ0v) is 17.0. The van der Waals surface area contributed by atoms with Crippen molar-refractivity contribution < 1.29 is 4.39 Å². The fraction of sp³-hybridized carbons (Fsp3) is 0.440. The van der Waals surface area contributed by atoms with Crippen molar-refractivity contribution in [2.45, 2.75) is 53.9 Å². The first kappa shape index (κ1) is 20.4. The van der Waals surface area contributed by atoms with E-state index in [1.165, 1.54) is 12.5 Å². The van der Waals surface area contributed by atoms with Crippen molar-refractivity contribution >= 4 is 5.57 Å². The van der Waals surface area contributed by atoms with Gasteiger partial charge in [0.2, 0.25) is 0 Å². The Hall–Kier alpha value is -1.89. The monoisotopic (exact) mass is 352 g/mol. The first-order valence-electron chi connectivity index (χ1n) is 9.91. The smallest absolute Gasteiger partial charge is 0.123 e. The van der Waals surface area contributed by atoms with Crippen molar-refractivity contribution in [3.63, 3.8) is 0 Å². The highest BCUT2D eigenvalue weighted by Crippen LogP contribution is 2.60. The van der Waals surface area contributed by atoms with Crippen molar-refractivity contribution in [2.75, 3.05) is 0 Å². The molecule has 1 heteroatoms. The molecular formula is C25H33F. The van der Waals surface area contributed by atoms with Crippen LogP contribution in [0.4, 0.5) is 4.39 Å². The van der Waals surface area contributed by atoms with Gasteiger partial charge < -0.3 is 0 Å². The van der Waals surface area contributed by atoms with Gasteiger partial charge in [-0.15, -0.1) is 0 Å². The molecular weight excluding hydrogens is 319 g/mol. The maximum absolute atomic E-state index is 13.2. The van der Waals surface area contributed by atoms with Gasteiger partial charge in [-0.2, -0.15) is 0 Å². The molecule has 1 fully saturated rings. The third-order valence-electron chi connectivity index (χ3n) is 5.86. The average Bonchev–Trinajstić information content (AvgIpc) is 3.24. The van der Waals surface area contributed by atoms with Crippen LogP contribution in [0.15, 0.2) is 60.7 Å². The Morgan fingerprint density at radius 2 is 2.04 bits per heavy atom. The van der Waals surface area contributed by atoms with Crippen LogP contribution in [0.3, 0.4) is 0 Å². The Morgan fingerprint density at radius 1 is 1.35 bits per heavy atom. The van der Waals surface area contributed by atoms with Gasteiger partial charge in [0, 0.05) is 0 Å².